The maximum atomic E-state index is 13.7. The van der Waals surface area contributed by atoms with E-state index >= 15 is 0 Å². The molecule has 3 aromatic rings. The number of aryl methyl sites for hydroxylation is 1. The van der Waals surface area contributed by atoms with Gasteiger partial charge in [-0.2, -0.15) is 0 Å². The topological polar surface area (TPSA) is 68.2 Å². The standard InChI is InChI=1S/C28H29FN2O3S/c1-28(2,3)24(32)16-26-31(27(34)23(35-26)15-18-8-6-11-20(29)14-18)17-25(33)30-22-13-7-10-19-9-4-5-12-21(19)22/h4-6,8-9,11-12,14-16,22H,7,10,13,17H2,1-3H3,(H,30,33)/b23-15+,26-16-. The summed E-state index contributed by atoms with van der Waals surface area (Å²) in [6, 6.07) is 13.9. The molecule has 7 heteroatoms. The van der Waals surface area contributed by atoms with E-state index in [1.54, 1.807) is 39.0 Å². The number of nitrogens with one attached hydrogen (secondary N) is 1. The van der Waals surface area contributed by atoms with Gasteiger partial charge in [-0.1, -0.05) is 57.2 Å². The van der Waals surface area contributed by atoms with Crippen LogP contribution in [0.1, 0.15) is 56.3 Å². The molecule has 0 aliphatic heterocycles. The summed E-state index contributed by atoms with van der Waals surface area (Å²) in [5, 5.41) is 3.08. The van der Waals surface area contributed by atoms with Gasteiger partial charge in [0.15, 0.2) is 5.78 Å². The van der Waals surface area contributed by atoms with Crippen molar-refractivity contribution >= 4 is 35.2 Å². The predicted octanol–water partition coefficient (Wildman–Crippen LogP) is 3.47. The summed E-state index contributed by atoms with van der Waals surface area (Å²) in [4.78, 5) is 39.1. The Morgan fingerprint density at radius 2 is 1.94 bits per heavy atom. The number of rotatable bonds is 5. The van der Waals surface area contributed by atoms with E-state index in [0.717, 1.165) is 36.2 Å². The van der Waals surface area contributed by atoms with Crippen LogP contribution in [0.5, 0.6) is 0 Å². The molecule has 1 unspecified atom stereocenters. The quantitative estimate of drug-likeness (QED) is 0.593. The zero-order valence-corrected chi connectivity index (χ0v) is 21.0. The fourth-order valence-corrected chi connectivity index (χ4v) is 5.20. The van der Waals surface area contributed by atoms with Crippen LogP contribution in [0.2, 0.25) is 0 Å². The van der Waals surface area contributed by atoms with E-state index in [0.29, 0.717) is 14.8 Å². The molecule has 1 N–H and O–H groups in total. The summed E-state index contributed by atoms with van der Waals surface area (Å²) in [5.74, 6) is -0.842. The molecule has 1 aliphatic carbocycles. The van der Waals surface area contributed by atoms with Gasteiger partial charge < -0.3 is 5.32 Å². The number of aromatic nitrogens is 1. The molecule has 0 fully saturated rings. The van der Waals surface area contributed by atoms with Gasteiger partial charge in [0.2, 0.25) is 5.91 Å². The summed E-state index contributed by atoms with van der Waals surface area (Å²) in [5.41, 5.74) is 1.86. The third-order valence-corrected chi connectivity index (χ3v) is 7.14. The van der Waals surface area contributed by atoms with Crippen molar-refractivity contribution in [3.05, 3.63) is 90.6 Å². The summed E-state index contributed by atoms with van der Waals surface area (Å²) in [6.45, 7) is 5.20. The van der Waals surface area contributed by atoms with Crippen LogP contribution in [0.4, 0.5) is 4.39 Å². The highest BCUT2D eigenvalue weighted by Crippen LogP contribution is 2.29. The van der Waals surface area contributed by atoms with Crippen LogP contribution in [-0.4, -0.2) is 16.3 Å². The number of hydrogen-bond donors (Lipinski definition) is 1. The van der Waals surface area contributed by atoms with E-state index in [1.807, 2.05) is 18.2 Å². The van der Waals surface area contributed by atoms with Crippen LogP contribution in [0, 0.1) is 11.2 Å². The van der Waals surface area contributed by atoms with E-state index in [4.69, 9.17) is 0 Å². The zero-order valence-electron chi connectivity index (χ0n) is 20.1. The maximum Gasteiger partial charge on any atom is 0.269 e. The number of nitrogens with zero attached hydrogens (tertiary/aromatic N) is 1. The molecule has 1 amide bonds. The zero-order chi connectivity index (χ0) is 25.2. The van der Waals surface area contributed by atoms with Crippen molar-refractivity contribution in [1.82, 2.24) is 9.88 Å². The molecule has 182 valence electrons. The van der Waals surface area contributed by atoms with Crippen molar-refractivity contribution in [2.75, 3.05) is 0 Å². The molecule has 0 saturated carbocycles. The maximum absolute atomic E-state index is 13.7. The summed E-state index contributed by atoms with van der Waals surface area (Å²) in [6.07, 6.45) is 5.81. The first kappa shape index (κ1) is 24.8. The first-order valence-corrected chi connectivity index (χ1v) is 12.5. The third kappa shape index (κ3) is 5.85. The molecule has 2 aromatic carbocycles. The Morgan fingerprint density at radius 3 is 2.69 bits per heavy atom. The van der Waals surface area contributed by atoms with Gasteiger partial charge in [-0.3, -0.25) is 19.0 Å². The number of carbonyl (C=O) groups is 2. The molecule has 1 aromatic heterocycles. The number of carbonyl (C=O) groups excluding carboxylic acids is 2. The van der Waals surface area contributed by atoms with Gasteiger partial charge in [-0.25, -0.2) is 4.39 Å². The Kier molecular flexibility index (Phi) is 7.17. The van der Waals surface area contributed by atoms with E-state index in [-0.39, 0.29) is 29.8 Å². The van der Waals surface area contributed by atoms with Gasteiger partial charge in [0.25, 0.3) is 5.56 Å². The smallest absolute Gasteiger partial charge is 0.269 e. The lowest BCUT2D eigenvalue weighted by Gasteiger charge is -2.26. The SMILES string of the molecule is CC(C)(C)C(=O)/C=c1\s/c(=C/c2cccc(F)c2)c(=O)n1CC(=O)NC1CCCc2ccccc21. The molecular formula is C28H29FN2O3S. The third-order valence-electron chi connectivity index (χ3n) is 6.08. The first-order chi connectivity index (χ1) is 16.6. The molecule has 1 aliphatic rings. The highest BCUT2D eigenvalue weighted by Gasteiger charge is 2.23. The van der Waals surface area contributed by atoms with Crippen LogP contribution >= 0.6 is 11.3 Å². The van der Waals surface area contributed by atoms with Crippen LogP contribution < -0.4 is 20.1 Å². The Bertz CT molecular complexity index is 1450. The molecule has 35 heavy (non-hydrogen) atoms. The van der Waals surface area contributed by atoms with Gasteiger partial charge in [0, 0.05) is 11.5 Å². The first-order valence-electron chi connectivity index (χ1n) is 11.7. The molecule has 4 rings (SSSR count). The summed E-state index contributed by atoms with van der Waals surface area (Å²) < 4.78 is 15.7. The number of Topliss-reactive ketones (excluding diaryl/α,β-unsaturated/α-hetero) is 1. The molecule has 0 bridgehead atoms. The minimum Gasteiger partial charge on any atom is -0.348 e. The van der Waals surface area contributed by atoms with Gasteiger partial charge in [0.05, 0.1) is 10.6 Å². The van der Waals surface area contributed by atoms with Crippen molar-refractivity contribution in [2.45, 2.75) is 52.6 Å². The van der Waals surface area contributed by atoms with Crippen molar-refractivity contribution < 1.29 is 14.0 Å². The average molecular weight is 493 g/mol. The van der Waals surface area contributed by atoms with Crippen molar-refractivity contribution in [3.63, 3.8) is 0 Å². The highest BCUT2D eigenvalue weighted by molar-refractivity contribution is 7.07. The molecule has 5 nitrogen and oxygen atoms in total. The van der Waals surface area contributed by atoms with Crippen molar-refractivity contribution in [3.8, 4) is 0 Å². The number of ketones is 1. The van der Waals surface area contributed by atoms with Gasteiger partial charge in [0.1, 0.15) is 17.0 Å². The Balaban J connectivity index is 1.70. The lowest BCUT2D eigenvalue weighted by molar-refractivity contribution is -0.123. The predicted molar refractivity (Wildman–Crippen MR) is 137 cm³/mol. The van der Waals surface area contributed by atoms with Crippen molar-refractivity contribution in [2.24, 2.45) is 5.41 Å². The number of halogens is 1. The number of amides is 1. The minimum absolute atomic E-state index is 0.108. The fraction of sp³-hybridized carbons (Fsp3) is 0.321. The van der Waals surface area contributed by atoms with Crippen molar-refractivity contribution in [1.29, 1.82) is 0 Å². The molecule has 0 radical (unpaired) electrons. The summed E-state index contributed by atoms with van der Waals surface area (Å²) >= 11 is 1.12. The molecule has 1 heterocycles. The summed E-state index contributed by atoms with van der Waals surface area (Å²) in [7, 11) is 0. The Labute approximate surface area is 207 Å². The van der Waals surface area contributed by atoms with Crippen LogP contribution in [0.25, 0.3) is 12.2 Å². The van der Waals surface area contributed by atoms with Crippen LogP contribution in [-0.2, 0) is 22.6 Å². The Hall–Kier alpha value is -3.32. The average Bonchev–Trinajstić information content (AvgIpc) is 3.07. The normalized spacial score (nSPS) is 16.7. The van der Waals surface area contributed by atoms with Gasteiger partial charge in [-0.05, 0) is 54.2 Å². The number of benzene rings is 2. The molecule has 0 saturated heterocycles. The second-order valence-corrected chi connectivity index (χ2v) is 10.9. The fourth-order valence-electron chi connectivity index (χ4n) is 4.16. The van der Waals surface area contributed by atoms with E-state index in [2.05, 4.69) is 11.4 Å². The second kappa shape index (κ2) is 10.1. The van der Waals surface area contributed by atoms with Gasteiger partial charge in [-0.15, -0.1) is 11.3 Å². The molecular weight excluding hydrogens is 463 g/mol. The minimum atomic E-state index is -0.634. The monoisotopic (exact) mass is 492 g/mol. The van der Waals surface area contributed by atoms with Gasteiger partial charge >= 0.3 is 0 Å². The second-order valence-electron chi connectivity index (χ2n) is 9.86. The van der Waals surface area contributed by atoms with E-state index in [1.165, 1.54) is 28.3 Å². The number of hydrogen-bond acceptors (Lipinski definition) is 4. The van der Waals surface area contributed by atoms with E-state index < -0.39 is 11.2 Å². The van der Waals surface area contributed by atoms with E-state index in [9.17, 15) is 18.8 Å². The lowest BCUT2D eigenvalue weighted by atomic mass is 9.88. The molecule has 1 atom stereocenters. The number of thiazole rings is 1. The number of fused-ring (bicyclic) bond motifs is 1. The van der Waals surface area contributed by atoms with Crippen LogP contribution in [0.3, 0.4) is 0 Å². The lowest BCUT2D eigenvalue weighted by Crippen LogP contribution is -2.40. The molecule has 0 spiro atoms. The largest absolute Gasteiger partial charge is 0.348 e. The van der Waals surface area contributed by atoms with Crippen LogP contribution in [0.15, 0.2) is 53.3 Å². The Morgan fingerprint density at radius 1 is 1.17 bits per heavy atom. The highest BCUT2D eigenvalue weighted by atomic mass is 32.1.